The van der Waals surface area contributed by atoms with Gasteiger partial charge in [-0.15, -0.1) is 0 Å². The van der Waals surface area contributed by atoms with Crippen LogP contribution in [-0.4, -0.2) is 80.7 Å². The molecule has 0 bridgehead atoms. The summed E-state index contributed by atoms with van der Waals surface area (Å²) < 4.78 is 35.2. The summed E-state index contributed by atoms with van der Waals surface area (Å²) in [6.07, 6.45) is -0.677. The molecule has 1 atom stereocenters. The van der Waals surface area contributed by atoms with Gasteiger partial charge in [0, 0.05) is 58.6 Å². The number of halogens is 2. The van der Waals surface area contributed by atoms with Crippen LogP contribution in [0, 0.1) is 11.6 Å². The van der Waals surface area contributed by atoms with E-state index >= 15 is 8.78 Å². The third-order valence-electron chi connectivity index (χ3n) is 5.60. The summed E-state index contributed by atoms with van der Waals surface area (Å²) in [4.78, 5) is 49.2. The lowest BCUT2D eigenvalue weighted by Gasteiger charge is -2.25. The Morgan fingerprint density at radius 1 is 1.09 bits per heavy atom. The summed E-state index contributed by atoms with van der Waals surface area (Å²) in [5.74, 6) is -2.29. The summed E-state index contributed by atoms with van der Waals surface area (Å²) in [7, 11) is 0. The first-order valence-corrected chi connectivity index (χ1v) is 11.4. The first kappa shape index (κ1) is 26.1. The molecule has 3 rings (SSSR count). The topological polar surface area (TPSA) is 123 Å². The van der Waals surface area contributed by atoms with Crippen LogP contribution in [-0.2, 0) is 19.1 Å². The van der Waals surface area contributed by atoms with Crippen molar-refractivity contribution in [1.82, 2.24) is 21.1 Å². The summed E-state index contributed by atoms with van der Waals surface area (Å²) in [5.41, 5.74) is 2.75. The molecule has 192 valence electrons. The Labute approximate surface area is 201 Å². The number of rotatable bonds is 8. The van der Waals surface area contributed by atoms with Gasteiger partial charge in [-0.3, -0.25) is 24.3 Å². The Kier molecular flexibility index (Phi) is 8.79. The molecule has 0 spiro atoms. The molecule has 2 saturated heterocycles. The summed E-state index contributed by atoms with van der Waals surface area (Å²) in [5, 5.41) is 6.59. The largest absolute Gasteiger partial charge is 0.442 e. The number of anilines is 2. The summed E-state index contributed by atoms with van der Waals surface area (Å²) >= 11 is 0. The Morgan fingerprint density at radius 3 is 2.43 bits per heavy atom. The number of cyclic esters (lactones) is 1. The Morgan fingerprint density at radius 2 is 1.77 bits per heavy atom. The fourth-order valence-corrected chi connectivity index (χ4v) is 3.91. The van der Waals surface area contributed by atoms with Crippen molar-refractivity contribution < 1.29 is 32.7 Å². The van der Waals surface area contributed by atoms with Crippen molar-refractivity contribution in [3.05, 3.63) is 23.8 Å². The zero-order valence-electron chi connectivity index (χ0n) is 19.7. The molecule has 4 amide bonds. The van der Waals surface area contributed by atoms with Crippen molar-refractivity contribution in [2.45, 2.75) is 32.8 Å². The standard InChI is InChI=1S/C22H30F2N6O5/c1-14(31)25-5-3-4-20(33)30-9-8-28(7-6-27-30)21-18(23)10-16(11-19(21)24)29-13-17(35-22(29)34)12-26-15(2)32/h10-11,17,27H,3-9,12-13H2,1-2H3,(H,25,31)(H,26,32)/t17-/m0/s1. The van der Waals surface area contributed by atoms with Crippen LogP contribution in [0.4, 0.5) is 25.0 Å². The number of benzene rings is 1. The Balaban J connectivity index is 1.61. The normalized spacial score (nSPS) is 18.2. The van der Waals surface area contributed by atoms with Crippen LogP contribution in [0.1, 0.15) is 26.7 Å². The highest BCUT2D eigenvalue weighted by atomic mass is 19.1. The molecule has 0 unspecified atom stereocenters. The van der Waals surface area contributed by atoms with Crippen molar-refractivity contribution in [2.75, 3.05) is 55.6 Å². The van der Waals surface area contributed by atoms with Gasteiger partial charge in [-0.1, -0.05) is 0 Å². The van der Waals surface area contributed by atoms with Gasteiger partial charge in [-0.2, -0.15) is 0 Å². The van der Waals surface area contributed by atoms with Crippen molar-refractivity contribution >= 4 is 35.2 Å². The van der Waals surface area contributed by atoms with E-state index < -0.39 is 23.8 Å². The number of hydrogen-bond donors (Lipinski definition) is 3. The Bertz CT molecular complexity index is 955. The van der Waals surface area contributed by atoms with Gasteiger partial charge in [0.1, 0.15) is 11.8 Å². The van der Waals surface area contributed by atoms with E-state index in [1.54, 1.807) is 0 Å². The molecule has 1 aromatic rings. The van der Waals surface area contributed by atoms with Crippen LogP contribution < -0.4 is 25.9 Å². The van der Waals surface area contributed by atoms with Gasteiger partial charge >= 0.3 is 6.09 Å². The van der Waals surface area contributed by atoms with Gasteiger partial charge in [0.15, 0.2) is 11.6 Å². The molecular weight excluding hydrogens is 466 g/mol. The van der Waals surface area contributed by atoms with E-state index in [-0.39, 0.29) is 68.2 Å². The molecule has 13 heteroatoms. The predicted octanol–water partition coefficient (Wildman–Crippen LogP) is 0.496. The van der Waals surface area contributed by atoms with Crippen molar-refractivity contribution in [3.63, 3.8) is 0 Å². The van der Waals surface area contributed by atoms with E-state index in [9.17, 15) is 19.2 Å². The first-order valence-electron chi connectivity index (χ1n) is 11.4. The van der Waals surface area contributed by atoms with Gasteiger partial charge in [-0.05, 0) is 6.42 Å². The second-order valence-corrected chi connectivity index (χ2v) is 8.34. The molecule has 2 fully saturated rings. The van der Waals surface area contributed by atoms with E-state index in [0.717, 1.165) is 17.0 Å². The quantitative estimate of drug-likeness (QED) is 0.448. The minimum absolute atomic E-state index is 0.0167. The highest BCUT2D eigenvalue weighted by Gasteiger charge is 2.34. The molecule has 2 heterocycles. The molecule has 0 aliphatic carbocycles. The molecule has 0 aromatic heterocycles. The van der Waals surface area contributed by atoms with Crippen LogP contribution in [0.25, 0.3) is 0 Å². The first-order chi connectivity index (χ1) is 16.7. The van der Waals surface area contributed by atoms with Gasteiger partial charge in [0.2, 0.25) is 17.7 Å². The monoisotopic (exact) mass is 496 g/mol. The van der Waals surface area contributed by atoms with Crippen LogP contribution in [0.15, 0.2) is 12.1 Å². The third kappa shape index (κ3) is 7.01. The average Bonchev–Trinajstić information content (AvgIpc) is 2.99. The lowest BCUT2D eigenvalue weighted by Crippen LogP contribution is -2.43. The lowest BCUT2D eigenvalue weighted by molar-refractivity contribution is -0.134. The van der Waals surface area contributed by atoms with Crippen molar-refractivity contribution in [3.8, 4) is 0 Å². The van der Waals surface area contributed by atoms with Crippen molar-refractivity contribution in [1.29, 1.82) is 0 Å². The van der Waals surface area contributed by atoms with E-state index in [1.165, 1.54) is 23.8 Å². The van der Waals surface area contributed by atoms with E-state index in [4.69, 9.17) is 4.74 Å². The number of hydrazine groups is 1. The maximum atomic E-state index is 15.0. The number of amides is 4. The molecule has 1 aromatic carbocycles. The van der Waals surface area contributed by atoms with Crippen LogP contribution >= 0.6 is 0 Å². The average molecular weight is 497 g/mol. The van der Waals surface area contributed by atoms with Crippen molar-refractivity contribution in [2.24, 2.45) is 0 Å². The zero-order valence-corrected chi connectivity index (χ0v) is 19.7. The zero-order chi connectivity index (χ0) is 25.5. The molecule has 11 nitrogen and oxygen atoms in total. The Hall–Kier alpha value is -3.48. The minimum Gasteiger partial charge on any atom is -0.442 e. The fourth-order valence-electron chi connectivity index (χ4n) is 3.91. The fraction of sp³-hybridized carbons (Fsp3) is 0.545. The summed E-state index contributed by atoms with van der Waals surface area (Å²) in [6, 6.07) is 2.15. The maximum Gasteiger partial charge on any atom is 0.414 e. The second-order valence-electron chi connectivity index (χ2n) is 8.34. The number of nitrogens with zero attached hydrogens (tertiary/aromatic N) is 3. The smallest absolute Gasteiger partial charge is 0.414 e. The van der Waals surface area contributed by atoms with E-state index in [0.29, 0.717) is 19.5 Å². The molecule has 35 heavy (non-hydrogen) atoms. The van der Waals surface area contributed by atoms with E-state index in [1.807, 2.05) is 0 Å². The number of carbonyl (C=O) groups is 4. The van der Waals surface area contributed by atoms with Gasteiger partial charge in [0.05, 0.1) is 25.3 Å². The number of ether oxygens (including phenoxy) is 1. The van der Waals surface area contributed by atoms with E-state index in [2.05, 4.69) is 16.1 Å². The van der Waals surface area contributed by atoms with Crippen LogP contribution in [0.5, 0.6) is 0 Å². The highest BCUT2D eigenvalue weighted by molar-refractivity contribution is 5.90. The molecule has 0 radical (unpaired) electrons. The minimum atomic E-state index is -0.840. The highest BCUT2D eigenvalue weighted by Crippen LogP contribution is 2.31. The molecule has 2 aliphatic rings. The SMILES string of the molecule is CC(=O)NCCCC(=O)N1CCN(c2c(F)cc(N3C[C@H](CNC(C)=O)OC3=O)cc2F)CCN1. The van der Waals surface area contributed by atoms with Gasteiger partial charge in [-0.25, -0.2) is 19.0 Å². The maximum absolute atomic E-state index is 15.0. The number of nitrogens with one attached hydrogen (secondary N) is 3. The lowest BCUT2D eigenvalue weighted by atomic mass is 10.2. The molecule has 3 N–H and O–H groups in total. The van der Waals surface area contributed by atoms with Gasteiger partial charge < -0.3 is 20.3 Å². The molecular formula is C22H30F2N6O5. The number of hydrogen-bond acceptors (Lipinski definition) is 7. The number of carbonyl (C=O) groups excluding carboxylic acids is 4. The molecule has 2 aliphatic heterocycles. The van der Waals surface area contributed by atoms with Crippen LogP contribution in [0.3, 0.4) is 0 Å². The van der Waals surface area contributed by atoms with Crippen LogP contribution in [0.2, 0.25) is 0 Å². The third-order valence-corrected chi connectivity index (χ3v) is 5.60. The summed E-state index contributed by atoms with van der Waals surface area (Å²) in [6.45, 7) is 4.23. The second kappa shape index (κ2) is 11.8. The predicted molar refractivity (Wildman–Crippen MR) is 123 cm³/mol. The molecule has 0 saturated carbocycles. The van der Waals surface area contributed by atoms with Gasteiger partial charge in [0.25, 0.3) is 0 Å².